The number of nitrogens with zero attached hydrogens (tertiary/aromatic N) is 3. The first-order valence-electron chi connectivity index (χ1n) is 7.39. The van der Waals surface area contributed by atoms with Gasteiger partial charge in [0.2, 0.25) is 0 Å². The lowest BCUT2D eigenvalue weighted by atomic mass is 10.2. The molecule has 3 rings (SSSR count). The molecule has 0 saturated carbocycles. The molecule has 2 heterocycles. The van der Waals surface area contributed by atoms with Gasteiger partial charge in [-0.05, 0) is 29.8 Å². The summed E-state index contributed by atoms with van der Waals surface area (Å²) in [5.41, 5.74) is 3.50. The molecule has 0 aliphatic rings. The van der Waals surface area contributed by atoms with Crippen molar-refractivity contribution >= 4 is 23.1 Å². The number of hydrogen-bond donors (Lipinski definition) is 2. The maximum atomic E-state index is 11.5. The van der Waals surface area contributed by atoms with Gasteiger partial charge in [0.05, 0.1) is 5.69 Å². The van der Waals surface area contributed by atoms with Crippen molar-refractivity contribution < 1.29 is 0 Å². The Bertz CT molecular complexity index is 874. The van der Waals surface area contributed by atoms with Crippen LogP contribution in [0.15, 0.2) is 53.5 Å². The normalized spacial score (nSPS) is 11.2. The second kappa shape index (κ2) is 6.39. The van der Waals surface area contributed by atoms with Crippen LogP contribution in [0.25, 0.3) is 11.7 Å². The highest BCUT2D eigenvalue weighted by Gasteiger charge is 2.03. The fourth-order valence-corrected chi connectivity index (χ4v) is 2.32. The molecule has 2 N–H and O–H groups in total. The van der Waals surface area contributed by atoms with E-state index in [1.165, 1.54) is 10.1 Å². The summed E-state index contributed by atoms with van der Waals surface area (Å²) in [5, 5.41) is 9.72. The molecule has 0 atom stereocenters. The van der Waals surface area contributed by atoms with Gasteiger partial charge in [-0.3, -0.25) is 0 Å². The van der Waals surface area contributed by atoms with Crippen molar-refractivity contribution in [3.63, 3.8) is 0 Å². The van der Waals surface area contributed by atoms with Crippen molar-refractivity contribution in [1.82, 2.24) is 14.6 Å². The fourth-order valence-electron chi connectivity index (χ4n) is 2.32. The molecule has 6 nitrogen and oxygen atoms in total. The molecule has 0 bridgehead atoms. The molecule has 0 aliphatic heterocycles. The summed E-state index contributed by atoms with van der Waals surface area (Å²) in [7, 11) is 4.05. The molecule has 0 fully saturated rings. The summed E-state index contributed by atoms with van der Waals surface area (Å²) in [6.45, 7) is 0.649. The van der Waals surface area contributed by atoms with Crippen LogP contribution in [0.5, 0.6) is 0 Å². The van der Waals surface area contributed by atoms with Gasteiger partial charge in [0.25, 0.3) is 0 Å². The Morgan fingerprint density at radius 2 is 2.04 bits per heavy atom. The Morgan fingerprint density at radius 1 is 1.26 bits per heavy atom. The smallest absolute Gasteiger partial charge is 0.347 e. The molecule has 23 heavy (non-hydrogen) atoms. The molecule has 118 valence electrons. The second-order valence-electron chi connectivity index (χ2n) is 5.41. The quantitative estimate of drug-likeness (QED) is 0.758. The van der Waals surface area contributed by atoms with E-state index in [2.05, 4.69) is 50.8 Å². The van der Waals surface area contributed by atoms with Gasteiger partial charge in [-0.25, -0.2) is 14.3 Å². The van der Waals surface area contributed by atoms with Crippen molar-refractivity contribution in [3.8, 4) is 0 Å². The van der Waals surface area contributed by atoms with Crippen LogP contribution in [0.4, 0.5) is 11.4 Å². The lowest BCUT2D eigenvalue weighted by Crippen LogP contribution is -2.09. The number of aromatic amines is 1. The highest BCUT2D eigenvalue weighted by Crippen LogP contribution is 2.14. The van der Waals surface area contributed by atoms with E-state index in [-0.39, 0.29) is 5.69 Å². The van der Waals surface area contributed by atoms with Gasteiger partial charge in [0.1, 0.15) is 0 Å². The summed E-state index contributed by atoms with van der Waals surface area (Å²) < 4.78 is 1.48. The van der Waals surface area contributed by atoms with Crippen LogP contribution in [0.3, 0.4) is 0 Å². The summed E-state index contributed by atoms with van der Waals surface area (Å²) in [5.74, 6) is 0. The molecule has 1 aromatic carbocycles. The minimum atomic E-state index is -0.236. The number of hydrogen-bond acceptors (Lipinski definition) is 4. The van der Waals surface area contributed by atoms with Crippen molar-refractivity contribution in [2.24, 2.45) is 0 Å². The third-order valence-electron chi connectivity index (χ3n) is 3.57. The van der Waals surface area contributed by atoms with Gasteiger partial charge in [0.15, 0.2) is 5.65 Å². The van der Waals surface area contributed by atoms with Gasteiger partial charge >= 0.3 is 5.69 Å². The van der Waals surface area contributed by atoms with Crippen LogP contribution in [0.1, 0.15) is 5.56 Å². The molecule has 0 radical (unpaired) electrons. The molecule has 0 saturated heterocycles. The number of aromatic nitrogens is 3. The Morgan fingerprint density at radius 3 is 2.78 bits per heavy atom. The molecule has 0 amide bonds. The Labute approximate surface area is 134 Å². The molecule has 6 heteroatoms. The molecule has 3 aromatic rings. The lowest BCUT2D eigenvalue weighted by Gasteiger charge is -2.11. The minimum Gasteiger partial charge on any atom is -0.378 e. The van der Waals surface area contributed by atoms with E-state index in [9.17, 15) is 4.79 Å². The lowest BCUT2D eigenvalue weighted by molar-refractivity contribution is 1.02. The van der Waals surface area contributed by atoms with Crippen LogP contribution in [0, 0.1) is 0 Å². The van der Waals surface area contributed by atoms with Crippen LogP contribution in [-0.2, 0) is 0 Å². The standard InChI is InChI=1S/C17H19N5O/c1-21(2)14-9-7-13(8-10-14)5-3-11-18-15-6-4-12-22-16(15)19-20-17(22)23/h3-10,12,18H,11H2,1-2H3,(H,20,23)/b5-3+. The average molecular weight is 309 g/mol. The third kappa shape index (κ3) is 3.26. The van der Waals surface area contributed by atoms with E-state index in [4.69, 9.17) is 0 Å². The molecule has 0 aliphatic carbocycles. The van der Waals surface area contributed by atoms with Crippen LogP contribution >= 0.6 is 0 Å². The highest BCUT2D eigenvalue weighted by atomic mass is 16.1. The first-order chi connectivity index (χ1) is 11.1. The van der Waals surface area contributed by atoms with Gasteiger partial charge in [-0.2, -0.15) is 5.10 Å². The molecular formula is C17H19N5O. The zero-order chi connectivity index (χ0) is 16.2. The highest BCUT2D eigenvalue weighted by molar-refractivity contribution is 5.67. The maximum absolute atomic E-state index is 11.5. The van der Waals surface area contributed by atoms with Gasteiger partial charge in [0, 0.05) is 32.5 Å². The Hall–Kier alpha value is -3.02. The number of anilines is 2. The average Bonchev–Trinajstić information content (AvgIpc) is 2.94. The number of pyridine rings is 1. The van der Waals surface area contributed by atoms with Crippen LogP contribution in [0.2, 0.25) is 0 Å². The Balaban J connectivity index is 1.65. The number of nitrogens with one attached hydrogen (secondary N) is 2. The number of benzene rings is 1. The topological polar surface area (TPSA) is 65.4 Å². The fraction of sp³-hybridized carbons (Fsp3) is 0.176. The van der Waals surface area contributed by atoms with Crippen molar-refractivity contribution in [3.05, 3.63) is 64.7 Å². The molecule has 0 unspecified atom stereocenters. The van der Waals surface area contributed by atoms with Crippen LogP contribution in [-0.4, -0.2) is 35.2 Å². The van der Waals surface area contributed by atoms with Gasteiger partial charge in [-0.1, -0.05) is 24.3 Å². The summed E-state index contributed by atoms with van der Waals surface area (Å²) in [4.78, 5) is 13.6. The summed E-state index contributed by atoms with van der Waals surface area (Å²) in [6, 6.07) is 12.1. The van der Waals surface area contributed by atoms with E-state index in [0.717, 1.165) is 11.3 Å². The largest absolute Gasteiger partial charge is 0.378 e. The van der Waals surface area contributed by atoms with E-state index in [0.29, 0.717) is 12.2 Å². The predicted molar refractivity (Wildman–Crippen MR) is 94.1 cm³/mol. The van der Waals surface area contributed by atoms with Gasteiger partial charge < -0.3 is 10.2 Å². The third-order valence-corrected chi connectivity index (χ3v) is 3.57. The monoisotopic (exact) mass is 309 g/mol. The van der Waals surface area contributed by atoms with Crippen LogP contribution < -0.4 is 15.9 Å². The number of rotatable bonds is 5. The van der Waals surface area contributed by atoms with E-state index < -0.39 is 0 Å². The molecule has 2 aromatic heterocycles. The van der Waals surface area contributed by atoms with Crippen molar-refractivity contribution in [1.29, 1.82) is 0 Å². The number of fused-ring (bicyclic) bond motifs is 1. The Kier molecular flexibility index (Phi) is 4.14. The minimum absolute atomic E-state index is 0.236. The zero-order valence-electron chi connectivity index (χ0n) is 13.2. The van der Waals surface area contributed by atoms with Crippen molar-refractivity contribution in [2.75, 3.05) is 30.9 Å². The van der Waals surface area contributed by atoms with E-state index in [1.807, 2.05) is 32.3 Å². The first kappa shape index (κ1) is 14.9. The maximum Gasteiger partial charge on any atom is 0.347 e. The van der Waals surface area contributed by atoms with E-state index in [1.54, 1.807) is 6.20 Å². The SMILES string of the molecule is CN(C)c1ccc(/C=C/CNc2cccn3c(=O)[nH]nc23)cc1. The molecular weight excluding hydrogens is 290 g/mol. The zero-order valence-corrected chi connectivity index (χ0v) is 13.2. The predicted octanol–water partition coefficient (Wildman–Crippen LogP) is 2.21. The molecule has 0 spiro atoms. The summed E-state index contributed by atoms with van der Waals surface area (Å²) in [6.07, 6.45) is 5.79. The second-order valence-corrected chi connectivity index (χ2v) is 5.41. The number of H-pyrrole nitrogens is 1. The van der Waals surface area contributed by atoms with Crippen molar-refractivity contribution in [2.45, 2.75) is 0 Å². The van der Waals surface area contributed by atoms with Gasteiger partial charge in [-0.15, -0.1) is 0 Å². The van der Waals surface area contributed by atoms with E-state index >= 15 is 0 Å². The first-order valence-corrected chi connectivity index (χ1v) is 7.39. The summed E-state index contributed by atoms with van der Waals surface area (Å²) >= 11 is 0.